The molecule has 0 saturated carbocycles. The van der Waals surface area contributed by atoms with Crippen molar-refractivity contribution < 1.29 is 38.4 Å². The summed E-state index contributed by atoms with van der Waals surface area (Å²) in [6.07, 6.45) is -6.03. The van der Waals surface area contributed by atoms with Crippen molar-refractivity contribution in [2.24, 2.45) is 0 Å². The minimum absolute atomic E-state index is 0.182. The van der Waals surface area contributed by atoms with Gasteiger partial charge in [0.1, 0.15) is 6.10 Å². The molecule has 9 heteroatoms. The van der Waals surface area contributed by atoms with Crippen LogP contribution in [0.2, 0.25) is 0 Å². The zero-order chi connectivity index (χ0) is 19.3. The minimum Gasteiger partial charge on any atom is -0.454 e. The lowest BCUT2D eigenvalue weighted by atomic mass is 9.99. The van der Waals surface area contributed by atoms with Gasteiger partial charge in [-0.2, -0.15) is 0 Å². The maximum Gasteiger partial charge on any atom is 0.338 e. The van der Waals surface area contributed by atoms with Crippen molar-refractivity contribution in [2.45, 2.75) is 44.6 Å². The lowest BCUT2D eigenvalue weighted by Gasteiger charge is -2.42. The molecule has 0 aliphatic carbocycles. The van der Waals surface area contributed by atoms with Gasteiger partial charge in [-0.1, -0.05) is 34.1 Å². The maximum absolute atomic E-state index is 12.4. The van der Waals surface area contributed by atoms with Crippen LogP contribution < -0.4 is 0 Å². The zero-order valence-electron chi connectivity index (χ0n) is 14.2. The van der Waals surface area contributed by atoms with E-state index >= 15 is 0 Å². The molecule has 1 fully saturated rings. The zero-order valence-corrected chi connectivity index (χ0v) is 15.7. The molecule has 0 unspecified atom stereocenters. The molecule has 1 aliphatic heterocycles. The summed E-state index contributed by atoms with van der Waals surface area (Å²) in [5, 5.41) is 10.3. The number of carbonyl (C=O) groups excluding carboxylic acids is 3. The van der Waals surface area contributed by atoms with Crippen LogP contribution in [0.25, 0.3) is 0 Å². The first kappa shape index (κ1) is 20.3. The third-order valence-corrected chi connectivity index (χ3v) is 4.26. The Balaban J connectivity index is 2.30. The molecule has 0 amide bonds. The number of benzene rings is 1. The van der Waals surface area contributed by atoms with Crippen LogP contribution in [-0.2, 0) is 28.5 Å². The highest BCUT2D eigenvalue weighted by atomic mass is 79.9. The minimum atomic E-state index is -1.54. The van der Waals surface area contributed by atoms with Gasteiger partial charge in [0.05, 0.1) is 5.56 Å². The number of ether oxygens (including phenoxy) is 4. The molecular formula is C17H19BrO8. The summed E-state index contributed by atoms with van der Waals surface area (Å²) in [6, 6.07) is 8.22. The van der Waals surface area contributed by atoms with Crippen LogP contribution in [0.15, 0.2) is 30.3 Å². The lowest BCUT2D eigenvalue weighted by Crippen LogP contribution is -2.61. The Labute approximate surface area is 158 Å². The topological polar surface area (TPSA) is 108 Å². The number of rotatable bonds is 5. The third kappa shape index (κ3) is 5.03. The van der Waals surface area contributed by atoms with E-state index in [0.29, 0.717) is 0 Å². The van der Waals surface area contributed by atoms with Crippen LogP contribution in [0, 0.1) is 0 Å². The Bertz CT molecular complexity index is 649. The van der Waals surface area contributed by atoms with Gasteiger partial charge < -0.3 is 24.1 Å². The van der Waals surface area contributed by atoms with Crippen molar-refractivity contribution in [1.82, 2.24) is 0 Å². The average Bonchev–Trinajstić information content (AvgIpc) is 2.60. The smallest absolute Gasteiger partial charge is 0.338 e. The van der Waals surface area contributed by atoms with E-state index in [2.05, 4.69) is 15.9 Å². The van der Waals surface area contributed by atoms with Crippen LogP contribution in [0.3, 0.4) is 0 Å². The molecule has 5 atom stereocenters. The number of aliphatic hydroxyl groups is 1. The summed E-state index contributed by atoms with van der Waals surface area (Å²) in [4.78, 5) is 35.3. The van der Waals surface area contributed by atoms with Crippen LogP contribution in [0.5, 0.6) is 0 Å². The fourth-order valence-corrected chi connectivity index (χ4v) is 3.09. The number of carbonyl (C=O) groups is 3. The van der Waals surface area contributed by atoms with Crippen molar-refractivity contribution >= 4 is 33.8 Å². The Morgan fingerprint density at radius 2 is 1.58 bits per heavy atom. The second-order valence-electron chi connectivity index (χ2n) is 5.60. The van der Waals surface area contributed by atoms with Gasteiger partial charge in [-0.05, 0) is 12.1 Å². The quantitative estimate of drug-likeness (QED) is 0.421. The first-order valence-corrected chi connectivity index (χ1v) is 8.95. The first-order chi connectivity index (χ1) is 12.3. The molecule has 26 heavy (non-hydrogen) atoms. The molecule has 142 valence electrons. The van der Waals surface area contributed by atoms with Crippen LogP contribution in [0.1, 0.15) is 24.2 Å². The summed E-state index contributed by atoms with van der Waals surface area (Å²) in [7, 11) is 0. The lowest BCUT2D eigenvalue weighted by molar-refractivity contribution is -0.283. The van der Waals surface area contributed by atoms with Crippen molar-refractivity contribution in [3.05, 3.63) is 35.9 Å². The van der Waals surface area contributed by atoms with E-state index in [0.717, 1.165) is 13.8 Å². The molecule has 1 aliphatic rings. The molecule has 0 radical (unpaired) electrons. The summed E-state index contributed by atoms with van der Waals surface area (Å²) in [6.45, 7) is 2.30. The van der Waals surface area contributed by atoms with E-state index in [1.165, 1.54) is 0 Å². The van der Waals surface area contributed by atoms with Crippen LogP contribution >= 0.6 is 15.9 Å². The van der Waals surface area contributed by atoms with E-state index in [1.807, 2.05) is 0 Å². The SMILES string of the molecule is CC(=O)O[C@H]1[C@@H](OC(=O)c2ccccc2)[C@H](CBr)O[C@H](O)[C@@H]1OC(C)=O. The molecule has 1 heterocycles. The summed E-state index contributed by atoms with van der Waals surface area (Å²) in [5.41, 5.74) is 0.289. The van der Waals surface area contributed by atoms with Gasteiger partial charge in [-0.15, -0.1) is 0 Å². The number of halogens is 1. The summed E-state index contributed by atoms with van der Waals surface area (Å²) < 4.78 is 21.1. The van der Waals surface area contributed by atoms with Gasteiger partial charge in [0.15, 0.2) is 24.6 Å². The Hall–Kier alpha value is -1.97. The van der Waals surface area contributed by atoms with Crippen molar-refractivity contribution in [3.63, 3.8) is 0 Å². The number of aliphatic hydroxyl groups excluding tert-OH is 1. The van der Waals surface area contributed by atoms with E-state index in [1.54, 1.807) is 30.3 Å². The van der Waals surface area contributed by atoms with Gasteiger partial charge in [0.25, 0.3) is 0 Å². The second-order valence-corrected chi connectivity index (χ2v) is 6.25. The number of esters is 3. The molecule has 8 nitrogen and oxygen atoms in total. The van der Waals surface area contributed by atoms with Gasteiger partial charge in [-0.3, -0.25) is 9.59 Å². The number of hydrogen-bond acceptors (Lipinski definition) is 8. The van der Waals surface area contributed by atoms with Gasteiger partial charge in [-0.25, -0.2) is 4.79 Å². The molecule has 0 spiro atoms. The molecule has 0 aromatic heterocycles. The third-order valence-electron chi connectivity index (χ3n) is 3.62. The van der Waals surface area contributed by atoms with Gasteiger partial charge >= 0.3 is 17.9 Å². The normalized spacial score (nSPS) is 28.1. The monoisotopic (exact) mass is 430 g/mol. The van der Waals surface area contributed by atoms with Crippen molar-refractivity contribution in [1.29, 1.82) is 0 Å². The maximum atomic E-state index is 12.4. The highest BCUT2D eigenvalue weighted by molar-refractivity contribution is 9.09. The Kier molecular flexibility index (Phi) is 7.13. The van der Waals surface area contributed by atoms with Crippen molar-refractivity contribution in [3.8, 4) is 0 Å². The second kappa shape index (κ2) is 9.11. The van der Waals surface area contributed by atoms with Crippen LogP contribution in [-0.4, -0.2) is 59.1 Å². The molecule has 1 aromatic carbocycles. The molecule has 2 rings (SSSR count). The number of hydrogen-bond donors (Lipinski definition) is 1. The van der Waals surface area contributed by atoms with E-state index in [-0.39, 0.29) is 10.9 Å². The summed E-state index contributed by atoms with van der Waals surface area (Å²) in [5.74, 6) is -2.06. The highest BCUT2D eigenvalue weighted by Gasteiger charge is 2.51. The van der Waals surface area contributed by atoms with Crippen molar-refractivity contribution in [2.75, 3.05) is 5.33 Å². The molecule has 1 saturated heterocycles. The fourth-order valence-electron chi connectivity index (χ4n) is 2.57. The standard InChI is InChI=1S/C17H19BrO8/c1-9(19)23-14-13(26-16(21)11-6-4-3-5-7-11)12(8-18)25-17(22)15(14)24-10(2)20/h3-7,12-15,17,22H,8H2,1-2H3/t12-,13-,14-,15+,17-/m0/s1. The molecule has 1 aromatic rings. The van der Waals surface area contributed by atoms with E-state index in [4.69, 9.17) is 18.9 Å². The molecule has 1 N–H and O–H groups in total. The average molecular weight is 431 g/mol. The predicted octanol–water partition coefficient (Wildman–Crippen LogP) is 1.19. The van der Waals surface area contributed by atoms with E-state index in [9.17, 15) is 19.5 Å². The predicted molar refractivity (Wildman–Crippen MR) is 91.4 cm³/mol. The Morgan fingerprint density at radius 3 is 2.12 bits per heavy atom. The first-order valence-electron chi connectivity index (χ1n) is 7.83. The molecule has 0 bridgehead atoms. The Morgan fingerprint density at radius 1 is 1.00 bits per heavy atom. The van der Waals surface area contributed by atoms with Gasteiger partial charge in [0.2, 0.25) is 0 Å². The number of alkyl halides is 1. The van der Waals surface area contributed by atoms with Gasteiger partial charge in [0, 0.05) is 19.2 Å². The molecular weight excluding hydrogens is 412 g/mol. The fraction of sp³-hybridized carbons (Fsp3) is 0.471. The van der Waals surface area contributed by atoms with E-state index < -0.39 is 48.6 Å². The summed E-state index contributed by atoms with van der Waals surface area (Å²) >= 11 is 3.21. The largest absolute Gasteiger partial charge is 0.454 e. The van der Waals surface area contributed by atoms with Crippen LogP contribution in [0.4, 0.5) is 0 Å². The highest BCUT2D eigenvalue weighted by Crippen LogP contribution is 2.29.